The van der Waals surface area contributed by atoms with Gasteiger partial charge in [-0.25, -0.2) is 19.3 Å². The topological polar surface area (TPSA) is 110 Å². The third-order valence-corrected chi connectivity index (χ3v) is 5.80. The second kappa shape index (κ2) is 8.62. The number of carbonyl (C=O) groups excluding carboxylic acids is 1. The van der Waals surface area contributed by atoms with Crippen LogP contribution in [0, 0.1) is 5.82 Å². The van der Waals surface area contributed by atoms with Gasteiger partial charge in [0.25, 0.3) is 5.91 Å². The summed E-state index contributed by atoms with van der Waals surface area (Å²) in [4.78, 5) is 25.1. The van der Waals surface area contributed by atoms with Gasteiger partial charge in [-0.1, -0.05) is 6.07 Å². The molecule has 180 valence electrons. The van der Waals surface area contributed by atoms with E-state index >= 15 is 4.39 Å². The summed E-state index contributed by atoms with van der Waals surface area (Å²) in [6.45, 7) is 0.856. The number of hydrogen-bond acceptors (Lipinski definition) is 6. The summed E-state index contributed by atoms with van der Waals surface area (Å²) in [7, 11) is 0. The van der Waals surface area contributed by atoms with Crippen molar-refractivity contribution in [2.24, 2.45) is 0 Å². The maximum atomic E-state index is 15.0. The Balaban J connectivity index is 1.48. The van der Waals surface area contributed by atoms with Crippen LogP contribution >= 0.6 is 0 Å². The molecular weight excluding hydrogens is 466 g/mol. The van der Waals surface area contributed by atoms with Crippen LogP contribution in [0.25, 0.3) is 16.8 Å². The predicted octanol–water partition coefficient (Wildman–Crippen LogP) is 4.21. The van der Waals surface area contributed by atoms with Crippen LogP contribution in [0.15, 0.2) is 48.9 Å². The summed E-state index contributed by atoms with van der Waals surface area (Å²) in [5, 5.41) is 5.58. The zero-order valence-electron chi connectivity index (χ0n) is 18.1. The zero-order chi connectivity index (χ0) is 24.7. The molecule has 0 unspecified atom stereocenters. The van der Waals surface area contributed by atoms with Crippen molar-refractivity contribution >= 4 is 23.1 Å². The maximum Gasteiger partial charge on any atom is 0.416 e. The van der Waals surface area contributed by atoms with E-state index < -0.39 is 23.5 Å². The van der Waals surface area contributed by atoms with E-state index in [4.69, 9.17) is 10.7 Å². The fraction of sp³-hybridized carbons (Fsp3) is 0.217. The molecule has 12 heteroatoms. The number of nitrogens with one attached hydrogen (secondary N) is 2. The number of nitrogens with zero attached hydrogens (tertiary/aromatic N) is 4. The summed E-state index contributed by atoms with van der Waals surface area (Å²) in [5.41, 5.74) is 6.07. The van der Waals surface area contributed by atoms with Crippen LogP contribution in [-0.2, 0) is 6.18 Å². The average molecular weight is 485 g/mol. The number of imidazole rings is 1. The summed E-state index contributed by atoms with van der Waals surface area (Å²) in [5.74, 6) is -1.22. The van der Waals surface area contributed by atoms with Crippen LogP contribution < -0.4 is 16.4 Å². The van der Waals surface area contributed by atoms with Crippen molar-refractivity contribution in [2.45, 2.75) is 25.1 Å². The molecule has 0 radical (unpaired) electrons. The molecule has 1 amide bonds. The van der Waals surface area contributed by atoms with E-state index in [0.717, 1.165) is 43.5 Å². The summed E-state index contributed by atoms with van der Waals surface area (Å²) in [6, 6.07) is 5.32. The highest BCUT2D eigenvalue weighted by Crippen LogP contribution is 2.33. The quantitative estimate of drug-likeness (QED) is 0.374. The van der Waals surface area contributed by atoms with Gasteiger partial charge >= 0.3 is 6.18 Å². The van der Waals surface area contributed by atoms with Gasteiger partial charge in [0.2, 0.25) is 0 Å². The third kappa shape index (κ3) is 4.28. The van der Waals surface area contributed by atoms with Crippen molar-refractivity contribution in [1.82, 2.24) is 24.7 Å². The van der Waals surface area contributed by atoms with Crippen molar-refractivity contribution in [3.8, 4) is 11.3 Å². The van der Waals surface area contributed by atoms with Gasteiger partial charge in [0.05, 0.1) is 17.2 Å². The Labute approximate surface area is 196 Å². The van der Waals surface area contributed by atoms with Crippen molar-refractivity contribution in [2.75, 3.05) is 17.6 Å². The minimum atomic E-state index is -4.60. The Bertz CT molecular complexity index is 1430. The summed E-state index contributed by atoms with van der Waals surface area (Å²) >= 11 is 0. The first-order chi connectivity index (χ1) is 16.7. The zero-order valence-corrected chi connectivity index (χ0v) is 18.1. The molecule has 4 heterocycles. The Morgan fingerprint density at radius 1 is 1.17 bits per heavy atom. The van der Waals surface area contributed by atoms with Gasteiger partial charge in [0.15, 0.2) is 0 Å². The van der Waals surface area contributed by atoms with Crippen LogP contribution in [0.1, 0.15) is 40.6 Å². The molecule has 1 aromatic carbocycles. The largest absolute Gasteiger partial charge is 0.416 e. The van der Waals surface area contributed by atoms with E-state index in [-0.39, 0.29) is 23.2 Å². The van der Waals surface area contributed by atoms with Gasteiger partial charge in [0, 0.05) is 24.2 Å². The number of anilines is 2. The average Bonchev–Trinajstić information content (AvgIpc) is 3.47. The minimum Gasteiger partial charge on any atom is -0.382 e. The van der Waals surface area contributed by atoms with Crippen LogP contribution in [0.4, 0.5) is 29.2 Å². The highest BCUT2D eigenvalue weighted by Gasteiger charge is 2.31. The lowest BCUT2D eigenvalue weighted by atomic mass is 10.1. The molecule has 1 atom stereocenters. The normalized spacial score (nSPS) is 16.1. The molecule has 8 nitrogen and oxygen atoms in total. The monoisotopic (exact) mass is 485 g/mol. The lowest BCUT2D eigenvalue weighted by molar-refractivity contribution is -0.137. The molecule has 4 N–H and O–H groups in total. The molecule has 3 aromatic heterocycles. The Kier molecular flexibility index (Phi) is 5.59. The summed E-state index contributed by atoms with van der Waals surface area (Å²) in [6.07, 6.45) is 1.48. The summed E-state index contributed by atoms with van der Waals surface area (Å²) < 4.78 is 55.6. The fourth-order valence-corrected chi connectivity index (χ4v) is 4.14. The van der Waals surface area contributed by atoms with Crippen LogP contribution in [0.5, 0.6) is 0 Å². The number of carbonyl (C=O) groups is 1. The molecule has 4 aromatic rings. The first-order valence-corrected chi connectivity index (χ1v) is 10.7. The van der Waals surface area contributed by atoms with Crippen LogP contribution in [0.3, 0.4) is 0 Å². The highest BCUT2D eigenvalue weighted by molar-refractivity contribution is 6.04. The lowest BCUT2D eigenvalue weighted by Gasteiger charge is -2.10. The first kappa shape index (κ1) is 22.7. The predicted molar refractivity (Wildman–Crippen MR) is 120 cm³/mol. The number of benzene rings is 1. The van der Waals surface area contributed by atoms with Crippen molar-refractivity contribution in [1.29, 1.82) is 0 Å². The van der Waals surface area contributed by atoms with E-state index in [1.165, 1.54) is 12.1 Å². The molecule has 1 aliphatic rings. The van der Waals surface area contributed by atoms with Gasteiger partial charge in [-0.15, -0.1) is 0 Å². The number of amides is 1. The highest BCUT2D eigenvalue weighted by atomic mass is 19.4. The van der Waals surface area contributed by atoms with E-state index in [0.29, 0.717) is 22.8 Å². The standard InChI is InChI=1S/C23H19F4N7O/c24-15-10-12(3-4-14(15)22(35)32-17-11-13(5-7-30-17)23(25,26)27)18-19-20(28)31-8-9-34(19)21(33-18)16-2-1-6-29-16/h3-5,7-11,16,29H,1-2,6H2,(H2,28,31)(H,30,32,35)/t16-/m0/s1. The number of nitrogens with two attached hydrogens (primary N) is 1. The number of rotatable bonds is 4. The molecule has 0 spiro atoms. The number of alkyl halides is 3. The van der Waals surface area contributed by atoms with Gasteiger partial charge in [-0.3, -0.25) is 9.20 Å². The van der Waals surface area contributed by atoms with Crippen LogP contribution in [-0.4, -0.2) is 31.8 Å². The molecule has 1 saturated heterocycles. The molecule has 0 bridgehead atoms. The SMILES string of the molecule is Nc1nccn2c([C@@H]3CCCN3)nc(-c3ccc(C(=O)Nc4cc(C(F)(F)F)ccn4)c(F)c3)c12. The van der Waals surface area contributed by atoms with Crippen LogP contribution in [0.2, 0.25) is 0 Å². The smallest absolute Gasteiger partial charge is 0.382 e. The van der Waals surface area contributed by atoms with Gasteiger partial charge in [-0.05, 0) is 43.7 Å². The maximum absolute atomic E-state index is 15.0. The number of fused-ring (bicyclic) bond motifs is 1. The van der Waals surface area contributed by atoms with Crippen molar-refractivity contribution in [3.05, 3.63) is 71.7 Å². The molecule has 35 heavy (non-hydrogen) atoms. The van der Waals surface area contributed by atoms with E-state index in [2.05, 4.69) is 20.6 Å². The Morgan fingerprint density at radius 3 is 2.71 bits per heavy atom. The van der Waals surface area contributed by atoms with Gasteiger partial charge < -0.3 is 16.4 Å². The number of nitrogen functional groups attached to an aromatic ring is 1. The molecular formula is C23H19F4N7O. The number of pyridine rings is 1. The van der Waals surface area contributed by atoms with E-state index in [9.17, 15) is 18.0 Å². The number of hydrogen-bond donors (Lipinski definition) is 3. The lowest BCUT2D eigenvalue weighted by Crippen LogP contribution is -2.16. The number of aromatic nitrogens is 4. The molecule has 0 saturated carbocycles. The van der Waals surface area contributed by atoms with Crippen molar-refractivity contribution in [3.63, 3.8) is 0 Å². The Morgan fingerprint density at radius 2 is 2.00 bits per heavy atom. The van der Waals surface area contributed by atoms with E-state index in [1.54, 1.807) is 12.4 Å². The molecule has 1 aliphatic heterocycles. The van der Waals surface area contributed by atoms with E-state index in [1.807, 2.05) is 4.40 Å². The molecule has 0 aliphatic carbocycles. The van der Waals surface area contributed by atoms with Gasteiger partial charge in [0.1, 0.15) is 34.5 Å². The number of halogens is 4. The first-order valence-electron chi connectivity index (χ1n) is 10.7. The molecule has 5 rings (SSSR count). The second-order valence-electron chi connectivity index (χ2n) is 8.07. The molecule has 1 fully saturated rings. The Hall–Kier alpha value is -4.06. The third-order valence-electron chi connectivity index (χ3n) is 5.80. The minimum absolute atomic E-state index is 0.00732. The van der Waals surface area contributed by atoms with Gasteiger partial charge in [-0.2, -0.15) is 13.2 Å². The van der Waals surface area contributed by atoms with Crippen molar-refractivity contribution < 1.29 is 22.4 Å². The fourth-order valence-electron chi connectivity index (χ4n) is 4.14. The second-order valence-corrected chi connectivity index (χ2v) is 8.07.